The topological polar surface area (TPSA) is 64.7 Å². The highest BCUT2D eigenvalue weighted by Gasteiger charge is 2.23. The molecule has 2 saturated heterocycles. The molecule has 2 aliphatic heterocycles. The number of likely N-dealkylation sites (tertiary alicyclic amines) is 1. The molecular weight excluding hydrogens is 363 g/mol. The fraction of sp³-hybridized carbons (Fsp3) is 0.882. The number of hydrogen-bond donors (Lipinski definition) is 2. The number of nitrogens with zero attached hydrogens (tertiary/aromatic N) is 2. The number of piperidine rings is 2. The van der Waals surface area contributed by atoms with Crippen LogP contribution in [0.25, 0.3) is 0 Å². The van der Waals surface area contributed by atoms with Gasteiger partial charge in [0.2, 0.25) is 11.8 Å². The molecule has 0 spiro atoms. The summed E-state index contributed by atoms with van der Waals surface area (Å²) in [6.45, 7) is 4.45. The Kier molecular flexibility index (Phi) is 12.5. The Morgan fingerprint density at radius 3 is 2.24 bits per heavy atom. The first-order valence-electron chi connectivity index (χ1n) is 8.97. The van der Waals surface area contributed by atoms with E-state index in [1.807, 2.05) is 0 Å². The van der Waals surface area contributed by atoms with Crippen LogP contribution in [0.5, 0.6) is 0 Å². The lowest BCUT2D eigenvalue weighted by Crippen LogP contribution is -2.47. The van der Waals surface area contributed by atoms with E-state index in [2.05, 4.69) is 15.5 Å². The van der Waals surface area contributed by atoms with Crippen LogP contribution in [0.3, 0.4) is 0 Å². The predicted octanol–water partition coefficient (Wildman–Crippen LogP) is 1.28. The van der Waals surface area contributed by atoms with Gasteiger partial charge in [0.25, 0.3) is 0 Å². The van der Waals surface area contributed by atoms with Crippen molar-refractivity contribution >= 4 is 36.6 Å². The van der Waals surface area contributed by atoms with E-state index in [0.717, 1.165) is 45.4 Å². The molecule has 0 aromatic heterocycles. The Labute approximate surface area is 164 Å². The van der Waals surface area contributed by atoms with Crippen molar-refractivity contribution in [2.75, 3.05) is 46.8 Å². The van der Waals surface area contributed by atoms with Crippen molar-refractivity contribution in [3.8, 4) is 0 Å². The molecule has 0 saturated carbocycles. The normalized spacial score (nSPS) is 19.4. The molecule has 0 atom stereocenters. The fourth-order valence-electron chi connectivity index (χ4n) is 3.37. The Morgan fingerprint density at radius 2 is 1.68 bits per heavy atom. The van der Waals surface area contributed by atoms with Crippen LogP contribution in [0.2, 0.25) is 0 Å². The van der Waals surface area contributed by atoms with Crippen LogP contribution in [-0.2, 0) is 9.59 Å². The summed E-state index contributed by atoms with van der Waals surface area (Å²) in [6.07, 6.45) is 5.96. The van der Waals surface area contributed by atoms with Gasteiger partial charge in [-0.3, -0.25) is 14.5 Å². The minimum atomic E-state index is 0. The summed E-state index contributed by atoms with van der Waals surface area (Å²) in [5.74, 6) is 1.06. The predicted molar refractivity (Wildman–Crippen MR) is 106 cm³/mol. The van der Waals surface area contributed by atoms with Crippen molar-refractivity contribution in [3.05, 3.63) is 0 Å². The van der Waals surface area contributed by atoms with Crippen molar-refractivity contribution in [3.63, 3.8) is 0 Å². The molecule has 8 heteroatoms. The van der Waals surface area contributed by atoms with Crippen LogP contribution in [0.15, 0.2) is 0 Å². The quantitative estimate of drug-likeness (QED) is 0.709. The van der Waals surface area contributed by atoms with E-state index in [-0.39, 0.29) is 42.7 Å². The molecule has 0 aromatic rings. The van der Waals surface area contributed by atoms with Gasteiger partial charge >= 0.3 is 0 Å². The smallest absolute Gasteiger partial charge is 0.236 e. The second kappa shape index (κ2) is 12.7. The molecule has 2 aliphatic rings. The van der Waals surface area contributed by atoms with Crippen molar-refractivity contribution < 1.29 is 9.59 Å². The van der Waals surface area contributed by atoms with Gasteiger partial charge in [0.15, 0.2) is 0 Å². The van der Waals surface area contributed by atoms with Gasteiger partial charge < -0.3 is 15.5 Å². The Morgan fingerprint density at radius 1 is 1.08 bits per heavy atom. The van der Waals surface area contributed by atoms with E-state index >= 15 is 0 Å². The van der Waals surface area contributed by atoms with Crippen LogP contribution in [0.4, 0.5) is 0 Å². The molecule has 148 valence electrons. The molecule has 2 amide bonds. The summed E-state index contributed by atoms with van der Waals surface area (Å²) in [7, 11) is 3.58. The first kappa shape index (κ1) is 24.4. The van der Waals surface area contributed by atoms with Gasteiger partial charge in [-0.05, 0) is 51.1 Å². The SMILES string of the molecule is CN(C)C(=O)CN1CCC(NC(=O)CCC2CCNCC2)CC1.Cl.Cl. The van der Waals surface area contributed by atoms with Crippen molar-refractivity contribution in [2.24, 2.45) is 5.92 Å². The zero-order valence-electron chi connectivity index (χ0n) is 15.5. The molecule has 0 bridgehead atoms. The van der Waals surface area contributed by atoms with Crippen LogP contribution in [0.1, 0.15) is 38.5 Å². The summed E-state index contributed by atoms with van der Waals surface area (Å²) in [5.41, 5.74) is 0. The minimum Gasteiger partial charge on any atom is -0.353 e. The summed E-state index contributed by atoms with van der Waals surface area (Å²) in [6, 6.07) is 0.279. The van der Waals surface area contributed by atoms with Gasteiger partial charge in [-0.2, -0.15) is 0 Å². The van der Waals surface area contributed by atoms with E-state index in [0.29, 0.717) is 18.9 Å². The highest BCUT2D eigenvalue weighted by atomic mass is 35.5. The number of nitrogens with one attached hydrogen (secondary N) is 2. The lowest BCUT2D eigenvalue weighted by atomic mass is 9.93. The third kappa shape index (κ3) is 9.08. The molecule has 2 fully saturated rings. The van der Waals surface area contributed by atoms with E-state index < -0.39 is 0 Å². The third-order valence-electron chi connectivity index (χ3n) is 5.05. The fourth-order valence-corrected chi connectivity index (χ4v) is 3.37. The van der Waals surface area contributed by atoms with Gasteiger partial charge in [0.1, 0.15) is 0 Å². The molecule has 0 aliphatic carbocycles. The molecular formula is C17H34Cl2N4O2. The van der Waals surface area contributed by atoms with E-state index in [9.17, 15) is 9.59 Å². The molecule has 25 heavy (non-hydrogen) atoms. The maximum atomic E-state index is 12.1. The maximum absolute atomic E-state index is 12.1. The zero-order valence-corrected chi connectivity index (χ0v) is 17.1. The average molecular weight is 397 g/mol. The monoisotopic (exact) mass is 396 g/mol. The highest BCUT2D eigenvalue weighted by molar-refractivity contribution is 5.85. The van der Waals surface area contributed by atoms with Gasteiger partial charge in [-0.15, -0.1) is 24.8 Å². The summed E-state index contributed by atoms with van der Waals surface area (Å²) >= 11 is 0. The van der Waals surface area contributed by atoms with Gasteiger partial charge in [0.05, 0.1) is 6.54 Å². The van der Waals surface area contributed by atoms with Crippen molar-refractivity contribution in [2.45, 2.75) is 44.6 Å². The summed E-state index contributed by atoms with van der Waals surface area (Å²) < 4.78 is 0. The highest BCUT2D eigenvalue weighted by Crippen LogP contribution is 2.18. The second-order valence-electron chi connectivity index (χ2n) is 7.14. The number of halogens is 2. The maximum Gasteiger partial charge on any atom is 0.236 e. The lowest BCUT2D eigenvalue weighted by Gasteiger charge is -2.32. The molecule has 0 unspecified atom stereocenters. The van der Waals surface area contributed by atoms with Crippen LogP contribution >= 0.6 is 24.8 Å². The zero-order chi connectivity index (χ0) is 16.7. The largest absolute Gasteiger partial charge is 0.353 e. The summed E-state index contributed by atoms with van der Waals surface area (Å²) in [4.78, 5) is 27.6. The number of carbonyl (C=O) groups excluding carboxylic acids is 2. The van der Waals surface area contributed by atoms with Crippen LogP contribution in [0, 0.1) is 5.92 Å². The standard InChI is InChI=1S/C17H32N4O2.2ClH/c1-20(2)17(23)13-21-11-7-15(8-12-21)19-16(22)4-3-14-5-9-18-10-6-14;;/h14-15,18H,3-13H2,1-2H3,(H,19,22);2*1H. The van der Waals surface area contributed by atoms with Crippen molar-refractivity contribution in [1.29, 1.82) is 0 Å². The van der Waals surface area contributed by atoms with Gasteiger partial charge in [0, 0.05) is 39.6 Å². The molecule has 0 radical (unpaired) electrons. The Bertz CT molecular complexity index is 396. The first-order valence-corrected chi connectivity index (χ1v) is 8.97. The van der Waals surface area contributed by atoms with Crippen LogP contribution < -0.4 is 10.6 Å². The van der Waals surface area contributed by atoms with E-state index in [1.165, 1.54) is 12.8 Å². The average Bonchev–Trinajstić information content (AvgIpc) is 2.55. The minimum absolute atomic E-state index is 0. The van der Waals surface area contributed by atoms with E-state index in [4.69, 9.17) is 0 Å². The van der Waals surface area contributed by atoms with Crippen LogP contribution in [-0.4, -0.2) is 74.5 Å². The number of likely N-dealkylation sites (N-methyl/N-ethyl adjacent to an activating group) is 1. The second-order valence-corrected chi connectivity index (χ2v) is 7.14. The summed E-state index contributed by atoms with van der Waals surface area (Å²) in [5, 5.41) is 6.54. The van der Waals surface area contributed by atoms with Crippen molar-refractivity contribution in [1.82, 2.24) is 20.4 Å². The lowest BCUT2D eigenvalue weighted by molar-refractivity contribution is -0.130. The Balaban J connectivity index is 0.00000288. The molecule has 6 nitrogen and oxygen atoms in total. The van der Waals surface area contributed by atoms with E-state index in [1.54, 1.807) is 19.0 Å². The molecule has 0 aromatic carbocycles. The Hall–Kier alpha value is -0.560. The molecule has 2 rings (SSSR count). The number of rotatable bonds is 6. The number of carbonyl (C=O) groups is 2. The number of hydrogen-bond acceptors (Lipinski definition) is 4. The molecule has 2 N–H and O–H groups in total. The third-order valence-corrected chi connectivity index (χ3v) is 5.05. The van der Waals surface area contributed by atoms with Gasteiger partial charge in [-0.1, -0.05) is 0 Å². The molecule has 2 heterocycles. The number of amides is 2. The first-order chi connectivity index (χ1) is 11.0. The van der Waals surface area contributed by atoms with Gasteiger partial charge in [-0.25, -0.2) is 0 Å².